The Labute approximate surface area is 343 Å². The summed E-state index contributed by atoms with van der Waals surface area (Å²) >= 11 is 0. The molecule has 3 rings (SSSR count). The number of carbonyl (C=O) groups excluding carboxylic acids is 6. The van der Waals surface area contributed by atoms with E-state index in [0.29, 0.717) is 48.4 Å². The number of terminal acetylenes is 1. The summed E-state index contributed by atoms with van der Waals surface area (Å²) in [6.07, 6.45) is 14.7. The summed E-state index contributed by atoms with van der Waals surface area (Å²) in [5.74, 6) is -1.62. The number of primary amides is 1. The van der Waals surface area contributed by atoms with Crippen molar-refractivity contribution in [3.63, 3.8) is 0 Å². The van der Waals surface area contributed by atoms with Crippen molar-refractivity contribution in [3.8, 4) is 12.8 Å². The zero-order valence-electron chi connectivity index (χ0n) is 35.0. The van der Waals surface area contributed by atoms with Crippen molar-refractivity contribution < 1.29 is 48.1 Å². The highest BCUT2D eigenvalue weighted by molar-refractivity contribution is 5.98. The lowest BCUT2D eigenvalue weighted by atomic mass is 9.84. The summed E-state index contributed by atoms with van der Waals surface area (Å²) in [5.41, 5.74) is 6.30. The van der Waals surface area contributed by atoms with Crippen molar-refractivity contribution in [1.29, 1.82) is 0 Å². The Morgan fingerprint density at radius 2 is 1.72 bits per heavy atom. The van der Waals surface area contributed by atoms with E-state index in [0.717, 1.165) is 19.3 Å². The van der Waals surface area contributed by atoms with Crippen LogP contribution in [0, 0.1) is 18.8 Å². The second kappa shape index (κ2) is 33.4. The lowest BCUT2D eigenvalue weighted by Crippen LogP contribution is -2.47. The summed E-state index contributed by atoms with van der Waals surface area (Å²) in [6.45, 7) is 12.9. The van der Waals surface area contributed by atoms with Gasteiger partial charge in [-0.25, -0.2) is 4.79 Å². The molecule has 6 amide bonds. The molecule has 1 aliphatic carbocycles. The average molecular weight is 816 g/mol. The van der Waals surface area contributed by atoms with Gasteiger partial charge in [-0.1, -0.05) is 53.2 Å². The number of carboxylic acid groups (broad SMARTS) is 1. The third-order valence-corrected chi connectivity index (χ3v) is 8.04. The molecule has 17 nitrogen and oxygen atoms in total. The first kappa shape index (κ1) is 54.4. The molecule has 0 spiro atoms. The minimum atomic E-state index is -1.43. The van der Waals surface area contributed by atoms with Crippen molar-refractivity contribution in [1.82, 2.24) is 25.8 Å². The fraction of sp³-hybridized carbons (Fsp3) is 0.537. The van der Waals surface area contributed by atoms with Crippen molar-refractivity contribution in [3.05, 3.63) is 53.8 Å². The maximum absolute atomic E-state index is 13.3. The van der Waals surface area contributed by atoms with Gasteiger partial charge in [-0.3, -0.25) is 28.8 Å². The fourth-order valence-electron chi connectivity index (χ4n) is 5.09. The van der Waals surface area contributed by atoms with Crippen LogP contribution in [0.15, 0.2) is 42.6 Å². The van der Waals surface area contributed by atoms with E-state index in [9.17, 15) is 28.8 Å². The quantitative estimate of drug-likeness (QED) is 0.0483. The third-order valence-electron chi connectivity index (χ3n) is 8.04. The highest BCUT2D eigenvalue weighted by Crippen LogP contribution is 2.29. The van der Waals surface area contributed by atoms with E-state index >= 15 is 0 Å². The van der Waals surface area contributed by atoms with Gasteiger partial charge in [-0.15, -0.1) is 12.8 Å². The Balaban J connectivity index is 0. The van der Waals surface area contributed by atoms with E-state index in [4.69, 9.17) is 19.4 Å². The molecule has 1 aromatic carbocycles. The van der Waals surface area contributed by atoms with Crippen LogP contribution in [-0.2, 0) is 51.4 Å². The van der Waals surface area contributed by atoms with Gasteiger partial charge in [0.1, 0.15) is 12.6 Å². The summed E-state index contributed by atoms with van der Waals surface area (Å²) < 4.78 is 10.2. The fourth-order valence-corrected chi connectivity index (χ4v) is 5.09. The Morgan fingerprint density at radius 1 is 1.09 bits per heavy atom. The lowest BCUT2D eigenvalue weighted by molar-refractivity contribution is -0.137. The minimum absolute atomic E-state index is 0.00375. The number of allylic oxidation sites excluding steroid dienone is 1. The van der Waals surface area contributed by atoms with Gasteiger partial charge in [0, 0.05) is 49.9 Å². The molecule has 2 aliphatic rings. The van der Waals surface area contributed by atoms with Crippen LogP contribution in [0.3, 0.4) is 0 Å². The standard InChI is InChI=1S/C33H46N6O9.C3H8.C2H6.C2H2.CH3NO/c1-22-9-12-30(42)39(22)15-17-47-16-13-28(40)35-19-29(41)37-27(8-5-14-34-2)31(43)36-26-11-10-24(21-48-33(45)46)25(18-26)20-38(3)32(44)23-6-4-7-23;1-3-2;2*1-2;2-1-3/h9-12,18,23,27,34H,1,4-8,13-17,19-21H2,2-3H3,(H,35,40)(H,36,43)(H,37,41)(H,45,46);3H2,1-2H3;1-2H3;1-2H;1H,(H2,2,3)/t27-;;;;/m0..../s1. The molecule has 1 fully saturated rings. The Kier molecular flexibility index (Phi) is 31.3. The normalized spacial score (nSPS) is 12.8. The molecular weight excluding hydrogens is 750 g/mol. The third kappa shape index (κ3) is 22.7. The number of ether oxygens (including phenoxy) is 2. The van der Waals surface area contributed by atoms with Crippen LogP contribution < -0.4 is 27.0 Å². The monoisotopic (exact) mass is 815 g/mol. The molecule has 1 saturated carbocycles. The van der Waals surface area contributed by atoms with E-state index in [2.05, 4.69) is 60.3 Å². The zero-order valence-corrected chi connectivity index (χ0v) is 35.0. The number of benzene rings is 1. The van der Waals surface area contributed by atoms with Gasteiger partial charge in [0.15, 0.2) is 0 Å². The number of nitrogens with two attached hydrogens (primary N) is 1. The first-order chi connectivity index (χ1) is 27.8. The molecule has 17 heteroatoms. The second-order valence-corrected chi connectivity index (χ2v) is 12.5. The Hall–Kier alpha value is -5.73. The predicted molar refractivity (Wildman–Crippen MR) is 223 cm³/mol. The van der Waals surface area contributed by atoms with E-state index < -0.39 is 29.9 Å². The summed E-state index contributed by atoms with van der Waals surface area (Å²) in [4.78, 5) is 85.4. The van der Waals surface area contributed by atoms with E-state index in [1.807, 2.05) is 13.8 Å². The molecule has 58 heavy (non-hydrogen) atoms. The molecule has 7 N–H and O–H groups in total. The molecular formula is C41H65N7O10. The van der Waals surface area contributed by atoms with Gasteiger partial charge in [0.05, 0.1) is 19.8 Å². The van der Waals surface area contributed by atoms with Gasteiger partial charge < -0.3 is 51.4 Å². The molecule has 1 heterocycles. The summed E-state index contributed by atoms with van der Waals surface area (Å²) in [7, 11) is 3.46. The molecule has 0 bridgehead atoms. The minimum Gasteiger partial charge on any atom is -0.450 e. The lowest BCUT2D eigenvalue weighted by Gasteiger charge is -2.29. The van der Waals surface area contributed by atoms with E-state index in [1.54, 1.807) is 43.3 Å². The summed E-state index contributed by atoms with van der Waals surface area (Å²) in [6, 6.07) is 3.97. The smallest absolute Gasteiger partial charge is 0.450 e. The molecule has 0 unspecified atom stereocenters. The Morgan fingerprint density at radius 3 is 2.26 bits per heavy atom. The van der Waals surface area contributed by atoms with Crippen LogP contribution in [0.1, 0.15) is 83.8 Å². The molecule has 1 atom stereocenters. The Bertz CT molecular complexity index is 1480. The predicted octanol–water partition coefficient (Wildman–Crippen LogP) is 3.29. The maximum atomic E-state index is 13.3. The highest BCUT2D eigenvalue weighted by atomic mass is 16.7. The van der Waals surface area contributed by atoms with Gasteiger partial charge in [0.2, 0.25) is 30.0 Å². The first-order valence-electron chi connectivity index (χ1n) is 19.3. The number of nitrogens with one attached hydrogen (secondary N) is 4. The van der Waals surface area contributed by atoms with Crippen LogP contribution >= 0.6 is 0 Å². The maximum Gasteiger partial charge on any atom is 0.506 e. The number of hydrogen-bond acceptors (Lipinski definition) is 10. The van der Waals surface area contributed by atoms with Crippen LogP contribution in [0.2, 0.25) is 0 Å². The molecule has 1 aromatic rings. The van der Waals surface area contributed by atoms with Gasteiger partial charge in [-0.05, 0) is 68.6 Å². The van der Waals surface area contributed by atoms with Crippen LogP contribution in [0.5, 0.6) is 0 Å². The number of nitrogens with zero attached hydrogens (tertiary/aromatic N) is 2. The van der Waals surface area contributed by atoms with E-state index in [-0.39, 0.29) is 63.5 Å². The van der Waals surface area contributed by atoms with E-state index in [1.165, 1.54) is 17.4 Å². The molecule has 324 valence electrons. The molecule has 0 saturated heterocycles. The second-order valence-electron chi connectivity index (χ2n) is 12.5. The largest absolute Gasteiger partial charge is 0.506 e. The zero-order chi connectivity index (χ0) is 44.5. The highest BCUT2D eigenvalue weighted by Gasteiger charge is 2.28. The van der Waals surface area contributed by atoms with Gasteiger partial charge in [0.25, 0.3) is 5.91 Å². The van der Waals surface area contributed by atoms with Crippen molar-refractivity contribution in [2.75, 3.05) is 52.3 Å². The summed E-state index contributed by atoms with van der Waals surface area (Å²) in [5, 5.41) is 20.0. The first-order valence-corrected chi connectivity index (χ1v) is 19.3. The number of anilines is 1. The van der Waals surface area contributed by atoms with Crippen LogP contribution in [-0.4, -0.2) is 110 Å². The molecule has 0 radical (unpaired) electrons. The van der Waals surface area contributed by atoms with Crippen molar-refractivity contribution in [2.45, 2.75) is 91.8 Å². The number of carbonyl (C=O) groups is 7. The van der Waals surface area contributed by atoms with Crippen molar-refractivity contribution in [2.24, 2.45) is 11.7 Å². The number of amides is 6. The van der Waals surface area contributed by atoms with Crippen LogP contribution in [0.25, 0.3) is 0 Å². The van der Waals surface area contributed by atoms with Gasteiger partial charge >= 0.3 is 6.16 Å². The van der Waals surface area contributed by atoms with Gasteiger partial charge in [-0.2, -0.15) is 0 Å². The average Bonchev–Trinajstić information content (AvgIpc) is 3.50. The number of rotatable bonds is 20. The SMILES string of the molecule is C#C.C=C1C=CC(=O)N1CCOCCC(=O)NCC(=O)N[C@@H](CCCNC)C(=O)Nc1ccc(COC(=O)O)c(CN(C)C(=O)C2CCC2)c1.CC.CCC.NC=O. The molecule has 1 aliphatic heterocycles. The topological polar surface area (TPSA) is 239 Å². The van der Waals surface area contributed by atoms with Crippen LogP contribution in [0.4, 0.5) is 10.5 Å². The van der Waals surface area contributed by atoms with Crippen molar-refractivity contribution >= 4 is 47.8 Å². The molecule has 0 aromatic heterocycles. The number of hydrogen-bond donors (Lipinski definition) is 6.